The minimum absolute atomic E-state index is 0.999. The Hall–Kier alpha value is -1.30. The minimum Gasteiger partial charge on any atom is -0.256 e. The predicted octanol–water partition coefficient (Wildman–Crippen LogP) is 5.34. The molecule has 5 heteroatoms. The van der Waals surface area contributed by atoms with Crippen LogP contribution in [-0.4, -0.2) is 9.97 Å². The van der Waals surface area contributed by atoms with Gasteiger partial charge in [-0.15, -0.1) is 22.7 Å². The summed E-state index contributed by atoms with van der Waals surface area (Å²) < 4.78 is 2.34. The molecule has 0 saturated carbocycles. The van der Waals surface area contributed by atoms with Crippen LogP contribution < -0.4 is 0 Å². The third-order valence-corrected chi connectivity index (χ3v) is 5.74. The first-order valence-electron chi connectivity index (χ1n) is 5.71. The summed E-state index contributed by atoms with van der Waals surface area (Å²) in [6.45, 7) is 0. The lowest BCUT2D eigenvalue weighted by molar-refractivity contribution is 1.41. The smallest absolute Gasteiger partial charge is 0.134 e. The molecule has 4 aromatic rings. The van der Waals surface area contributed by atoms with E-state index in [1.807, 2.05) is 12.3 Å². The first-order chi connectivity index (χ1) is 9.31. The van der Waals surface area contributed by atoms with Crippen LogP contribution in [0.5, 0.6) is 0 Å². The van der Waals surface area contributed by atoms with Gasteiger partial charge in [-0.3, -0.25) is 4.98 Å². The van der Waals surface area contributed by atoms with Crippen molar-refractivity contribution < 1.29 is 0 Å². The van der Waals surface area contributed by atoms with E-state index in [-0.39, 0.29) is 0 Å². The fourth-order valence-electron chi connectivity index (χ4n) is 2.08. The molecule has 0 bridgehead atoms. The van der Waals surface area contributed by atoms with Gasteiger partial charge in [-0.1, -0.05) is 0 Å². The number of pyridine rings is 1. The van der Waals surface area contributed by atoms with Crippen molar-refractivity contribution in [1.82, 2.24) is 9.97 Å². The van der Waals surface area contributed by atoms with Crippen molar-refractivity contribution in [3.8, 4) is 9.88 Å². The first kappa shape index (κ1) is 11.5. The van der Waals surface area contributed by atoms with E-state index in [0.717, 1.165) is 25.2 Å². The van der Waals surface area contributed by atoms with Gasteiger partial charge < -0.3 is 0 Å². The molecule has 0 aliphatic heterocycles. The van der Waals surface area contributed by atoms with Gasteiger partial charge in [0.1, 0.15) is 5.01 Å². The van der Waals surface area contributed by atoms with Crippen LogP contribution in [0.2, 0.25) is 0 Å². The molecular formula is C14H7BrN2S2. The van der Waals surface area contributed by atoms with Crippen LogP contribution in [-0.2, 0) is 0 Å². The largest absolute Gasteiger partial charge is 0.256 e. The maximum absolute atomic E-state index is 4.79. The van der Waals surface area contributed by atoms with Crippen molar-refractivity contribution >= 4 is 59.7 Å². The Morgan fingerprint density at radius 1 is 1.00 bits per heavy atom. The third-order valence-electron chi connectivity index (χ3n) is 2.92. The highest BCUT2D eigenvalue weighted by atomic mass is 79.9. The second kappa shape index (κ2) is 4.37. The number of thiazole rings is 1. The molecule has 92 valence electrons. The third kappa shape index (κ3) is 1.89. The van der Waals surface area contributed by atoms with Crippen LogP contribution in [0.25, 0.3) is 31.0 Å². The van der Waals surface area contributed by atoms with E-state index in [1.54, 1.807) is 22.7 Å². The fraction of sp³-hybridized carbons (Fsp3) is 0. The van der Waals surface area contributed by atoms with Gasteiger partial charge in [0.05, 0.1) is 24.4 Å². The maximum atomic E-state index is 4.79. The average Bonchev–Trinajstić information content (AvgIpc) is 3.04. The van der Waals surface area contributed by atoms with Gasteiger partial charge in [0, 0.05) is 11.6 Å². The monoisotopic (exact) mass is 346 g/mol. The molecule has 0 amide bonds. The molecule has 4 rings (SSSR count). The molecule has 19 heavy (non-hydrogen) atoms. The quantitative estimate of drug-likeness (QED) is 0.465. The van der Waals surface area contributed by atoms with Gasteiger partial charge in [0.2, 0.25) is 0 Å². The number of fused-ring (bicyclic) bond motifs is 3. The van der Waals surface area contributed by atoms with Crippen molar-refractivity contribution in [2.75, 3.05) is 0 Å². The number of hydrogen-bond acceptors (Lipinski definition) is 4. The lowest BCUT2D eigenvalue weighted by Crippen LogP contribution is -1.78. The van der Waals surface area contributed by atoms with Crippen molar-refractivity contribution in [3.05, 3.63) is 46.4 Å². The Bertz CT molecular complexity index is 895. The molecule has 0 aliphatic carbocycles. The Kier molecular flexibility index (Phi) is 2.65. The average molecular weight is 347 g/mol. The first-order valence-corrected chi connectivity index (χ1v) is 8.14. The molecule has 2 nitrogen and oxygen atoms in total. The molecule has 1 aromatic carbocycles. The van der Waals surface area contributed by atoms with Crippen LogP contribution in [0.1, 0.15) is 0 Å². The number of thiophene rings is 1. The summed E-state index contributed by atoms with van der Waals surface area (Å²) in [5.74, 6) is 0. The molecule has 0 spiro atoms. The molecule has 0 atom stereocenters. The summed E-state index contributed by atoms with van der Waals surface area (Å²) in [5.41, 5.74) is 2.05. The second-order valence-corrected chi connectivity index (χ2v) is 7.60. The lowest BCUT2D eigenvalue weighted by atomic mass is 10.2. The number of hydrogen-bond donors (Lipinski definition) is 0. The summed E-state index contributed by atoms with van der Waals surface area (Å²) in [7, 11) is 0. The van der Waals surface area contributed by atoms with Gasteiger partial charge in [-0.2, -0.15) is 0 Å². The van der Waals surface area contributed by atoms with E-state index in [9.17, 15) is 0 Å². The van der Waals surface area contributed by atoms with E-state index in [2.05, 4.69) is 51.2 Å². The normalized spacial score (nSPS) is 11.4. The Balaban J connectivity index is 2.03. The molecule has 0 fully saturated rings. The van der Waals surface area contributed by atoms with E-state index in [4.69, 9.17) is 4.98 Å². The van der Waals surface area contributed by atoms with Gasteiger partial charge in [0.15, 0.2) is 0 Å². The van der Waals surface area contributed by atoms with Crippen LogP contribution >= 0.6 is 38.6 Å². The Morgan fingerprint density at radius 3 is 2.79 bits per heavy atom. The molecule has 3 heterocycles. The molecule has 3 aromatic heterocycles. The number of aromatic nitrogens is 2. The van der Waals surface area contributed by atoms with Crippen molar-refractivity contribution in [1.29, 1.82) is 0 Å². The second-order valence-electron chi connectivity index (χ2n) is 4.11. The van der Waals surface area contributed by atoms with E-state index in [1.165, 1.54) is 9.58 Å². The zero-order valence-electron chi connectivity index (χ0n) is 9.63. The highest BCUT2D eigenvalue weighted by molar-refractivity contribution is 9.11. The molecule has 0 unspecified atom stereocenters. The van der Waals surface area contributed by atoms with Gasteiger partial charge in [0.25, 0.3) is 0 Å². The molecule has 0 saturated heterocycles. The number of nitrogens with zero attached hydrogens (tertiary/aromatic N) is 2. The van der Waals surface area contributed by atoms with E-state index in [0.29, 0.717) is 0 Å². The molecule has 0 aliphatic rings. The molecule has 0 radical (unpaired) electrons. The van der Waals surface area contributed by atoms with Gasteiger partial charge in [-0.05, 0) is 52.3 Å². The zero-order chi connectivity index (χ0) is 12.8. The summed E-state index contributed by atoms with van der Waals surface area (Å²) in [4.78, 5) is 10.4. The highest BCUT2D eigenvalue weighted by Crippen LogP contribution is 2.37. The Morgan fingerprint density at radius 2 is 1.95 bits per heavy atom. The van der Waals surface area contributed by atoms with Gasteiger partial charge >= 0.3 is 0 Å². The van der Waals surface area contributed by atoms with Gasteiger partial charge in [-0.25, -0.2) is 4.98 Å². The summed E-state index contributed by atoms with van der Waals surface area (Å²) in [6.07, 6.45) is 1.82. The van der Waals surface area contributed by atoms with Crippen molar-refractivity contribution in [3.63, 3.8) is 0 Å². The lowest BCUT2D eigenvalue weighted by Gasteiger charge is -1.95. The summed E-state index contributed by atoms with van der Waals surface area (Å²) >= 11 is 6.94. The highest BCUT2D eigenvalue weighted by Gasteiger charge is 2.10. The molecule has 0 N–H and O–H groups in total. The van der Waals surface area contributed by atoms with Crippen LogP contribution in [0.4, 0.5) is 0 Å². The van der Waals surface area contributed by atoms with Crippen molar-refractivity contribution in [2.45, 2.75) is 0 Å². The molecular weight excluding hydrogens is 340 g/mol. The van der Waals surface area contributed by atoms with Crippen LogP contribution in [0.15, 0.2) is 46.4 Å². The maximum Gasteiger partial charge on any atom is 0.134 e. The predicted molar refractivity (Wildman–Crippen MR) is 85.9 cm³/mol. The summed E-state index contributed by atoms with van der Waals surface area (Å²) in [6, 6.07) is 12.4. The summed E-state index contributed by atoms with van der Waals surface area (Å²) in [5, 5.41) is 2.19. The number of halogens is 1. The topological polar surface area (TPSA) is 25.8 Å². The fourth-order valence-corrected chi connectivity index (χ4v) is 4.50. The van der Waals surface area contributed by atoms with Crippen LogP contribution in [0.3, 0.4) is 0 Å². The zero-order valence-corrected chi connectivity index (χ0v) is 12.8. The minimum atomic E-state index is 0.999. The standard InChI is InChI=1S/C14H7BrN2S2/c15-12-6-5-11(18-12)14-17-13-8-2-1-7-16-9(8)3-4-10(13)19-14/h1-7H. The van der Waals surface area contributed by atoms with E-state index < -0.39 is 0 Å². The number of rotatable bonds is 1. The SMILES string of the molecule is Brc1ccc(-c2nc3c(ccc4ncccc43)s2)s1. The van der Waals surface area contributed by atoms with Crippen LogP contribution in [0, 0.1) is 0 Å². The number of benzene rings is 1. The van der Waals surface area contributed by atoms with E-state index >= 15 is 0 Å². The Labute approximate surface area is 125 Å². The van der Waals surface area contributed by atoms with Crippen molar-refractivity contribution in [2.24, 2.45) is 0 Å².